The zero-order valence-electron chi connectivity index (χ0n) is 11.4. The lowest BCUT2D eigenvalue weighted by atomic mass is 10.2. The molecule has 1 rings (SSSR count). The summed E-state index contributed by atoms with van der Waals surface area (Å²) in [7, 11) is 0. The van der Waals surface area contributed by atoms with E-state index in [4.69, 9.17) is 4.84 Å². The van der Waals surface area contributed by atoms with Crippen LogP contribution in [0.15, 0.2) is 12.3 Å². The average Bonchev–Trinajstić information content (AvgIpc) is 2.75. The first kappa shape index (κ1) is 14.2. The molecule has 0 saturated heterocycles. The summed E-state index contributed by atoms with van der Waals surface area (Å²) >= 11 is 0. The second kappa shape index (κ2) is 7.45. The molecule has 0 unspecified atom stereocenters. The van der Waals surface area contributed by atoms with E-state index in [-0.39, 0.29) is 0 Å². The lowest BCUT2D eigenvalue weighted by molar-refractivity contribution is 0.0189. The van der Waals surface area contributed by atoms with Gasteiger partial charge in [0.25, 0.3) is 0 Å². The number of rotatable bonds is 8. The molecule has 0 aliphatic heterocycles. The lowest BCUT2D eigenvalue weighted by Crippen LogP contribution is -2.18. The fourth-order valence-electron chi connectivity index (χ4n) is 1.69. The van der Waals surface area contributed by atoms with Crippen LogP contribution in [0.25, 0.3) is 0 Å². The van der Waals surface area contributed by atoms with Crippen molar-refractivity contribution in [3.05, 3.63) is 18.0 Å². The minimum Gasteiger partial charge on any atom is -0.301 e. The van der Waals surface area contributed by atoms with Crippen molar-refractivity contribution in [1.82, 2.24) is 15.3 Å². The van der Waals surface area contributed by atoms with Gasteiger partial charge in [0.2, 0.25) is 0 Å². The third kappa shape index (κ3) is 4.88. The summed E-state index contributed by atoms with van der Waals surface area (Å²) in [5.41, 5.74) is 3.97. The van der Waals surface area contributed by atoms with Gasteiger partial charge < -0.3 is 4.84 Å². The Hall–Kier alpha value is -0.870. The van der Waals surface area contributed by atoms with Gasteiger partial charge in [0.15, 0.2) is 0 Å². The second-order valence-corrected chi connectivity index (χ2v) is 4.78. The molecule has 0 saturated carbocycles. The predicted molar refractivity (Wildman–Crippen MR) is 69.5 cm³/mol. The van der Waals surface area contributed by atoms with E-state index in [2.05, 4.69) is 49.2 Å². The SMILES string of the molecule is CCC(CC)n1ccc(CNOCC(C)C)n1. The molecule has 0 radical (unpaired) electrons. The topological polar surface area (TPSA) is 39.1 Å². The molecule has 0 amide bonds. The van der Waals surface area contributed by atoms with Gasteiger partial charge in [-0.1, -0.05) is 27.7 Å². The van der Waals surface area contributed by atoms with Gasteiger partial charge in [-0.2, -0.15) is 10.6 Å². The monoisotopic (exact) mass is 239 g/mol. The van der Waals surface area contributed by atoms with Gasteiger partial charge in [-0.3, -0.25) is 4.68 Å². The van der Waals surface area contributed by atoms with Gasteiger partial charge in [-0.25, -0.2) is 0 Å². The van der Waals surface area contributed by atoms with Gasteiger partial charge in [-0.15, -0.1) is 0 Å². The van der Waals surface area contributed by atoms with Crippen LogP contribution in [-0.4, -0.2) is 16.4 Å². The van der Waals surface area contributed by atoms with Crippen molar-refractivity contribution in [3.8, 4) is 0 Å². The minimum absolute atomic E-state index is 0.514. The van der Waals surface area contributed by atoms with Gasteiger partial charge >= 0.3 is 0 Å². The molecule has 17 heavy (non-hydrogen) atoms. The molecule has 1 N–H and O–H groups in total. The Bertz CT molecular complexity index is 305. The summed E-state index contributed by atoms with van der Waals surface area (Å²) in [6, 6.07) is 2.56. The summed E-state index contributed by atoms with van der Waals surface area (Å²) in [5, 5.41) is 4.54. The highest BCUT2D eigenvalue weighted by atomic mass is 16.6. The predicted octanol–water partition coefficient (Wildman–Crippen LogP) is 2.92. The summed E-state index contributed by atoms with van der Waals surface area (Å²) in [6.45, 7) is 10.0. The second-order valence-electron chi connectivity index (χ2n) is 4.78. The van der Waals surface area contributed by atoms with Crippen molar-refractivity contribution in [3.63, 3.8) is 0 Å². The maximum absolute atomic E-state index is 5.32. The van der Waals surface area contributed by atoms with Crippen molar-refractivity contribution >= 4 is 0 Å². The standard InChI is InChI=1S/C13H25N3O/c1-5-13(6-2)16-8-7-12(15-16)9-14-17-10-11(3)4/h7-8,11,13-14H,5-6,9-10H2,1-4H3. The largest absolute Gasteiger partial charge is 0.301 e. The van der Waals surface area contributed by atoms with Crippen LogP contribution in [0.3, 0.4) is 0 Å². The molecular formula is C13H25N3O. The summed E-state index contributed by atoms with van der Waals surface area (Å²) < 4.78 is 2.06. The van der Waals surface area contributed by atoms with E-state index in [0.717, 1.165) is 25.1 Å². The fourth-order valence-corrected chi connectivity index (χ4v) is 1.69. The Morgan fingerprint density at radius 3 is 2.65 bits per heavy atom. The first-order valence-corrected chi connectivity index (χ1v) is 6.56. The molecule has 1 aromatic rings. The highest BCUT2D eigenvalue weighted by Gasteiger charge is 2.07. The van der Waals surface area contributed by atoms with Crippen LogP contribution in [0.2, 0.25) is 0 Å². The number of hydrogen-bond acceptors (Lipinski definition) is 3. The number of aromatic nitrogens is 2. The van der Waals surface area contributed by atoms with E-state index in [9.17, 15) is 0 Å². The molecule has 0 aliphatic rings. The molecule has 0 aromatic carbocycles. The van der Waals surface area contributed by atoms with E-state index in [1.165, 1.54) is 0 Å². The molecule has 0 atom stereocenters. The molecule has 1 aromatic heterocycles. The smallest absolute Gasteiger partial charge is 0.0786 e. The molecule has 4 heteroatoms. The van der Waals surface area contributed by atoms with Crippen molar-refractivity contribution in [2.45, 2.75) is 53.1 Å². The number of hydrogen-bond donors (Lipinski definition) is 1. The lowest BCUT2D eigenvalue weighted by Gasteiger charge is -2.12. The van der Waals surface area contributed by atoms with Crippen LogP contribution in [0, 0.1) is 5.92 Å². The highest BCUT2D eigenvalue weighted by Crippen LogP contribution is 2.14. The zero-order chi connectivity index (χ0) is 12.7. The Morgan fingerprint density at radius 1 is 1.35 bits per heavy atom. The van der Waals surface area contributed by atoms with Crippen molar-refractivity contribution in [2.75, 3.05) is 6.61 Å². The maximum atomic E-state index is 5.32. The molecule has 0 bridgehead atoms. The van der Waals surface area contributed by atoms with E-state index in [0.29, 0.717) is 18.5 Å². The van der Waals surface area contributed by atoms with Crippen LogP contribution in [-0.2, 0) is 11.4 Å². The van der Waals surface area contributed by atoms with E-state index >= 15 is 0 Å². The summed E-state index contributed by atoms with van der Waals surface area (Å²) in [5.74, 6) is 0.546. The van der Waals surface area contributed by atoms with Crippen LogP contribution >= 0.6 is 0 Å². The molecule has 1 heterocycles. The molecule has 0 fully saturated rings. The van der Waals surface area contributed by atoms with Crippen LogP contribution in [0.1, 0.15) is 52.3 Å². The van der Waals surface area contributed by atoms with Gasteiger partial charge in [0.05, 0.1) is 24.9 Å². The normalized spacial score (nSPS) is 11.6. The van der Waals surface area contributed by atoms with Gasteiger partial charge in [0.1, 0.15) is 0 Å². The Kier molecular flexibility index (Phi) is 6.22. The van der Waals surface area contributed by atoms with E-state index in [1.54, 1.807) is 0 Å². The first-order valence-electron chi connectivity index (χ1n) is 6.56. The van der Waals surface area contributed by atoms with Crippen LogP contribution < -0.4 is 5.48 Å². The average molecular weight is 239 g/mol. The number of nitrogens with zero attached hydrogens (tertiary/aromatic N) is 2. The molecule has 4 nitrogen and oxygen atoms in total. The Morgan fingerprint density at radius 2 is 2.06 bits per heavy atom. The third-order valence-electron chi connectivity index (χ3n) is 2.75. The summed E-state index contributed by atoms with van der Waals surface area (Å²) in [4.78, 5) is 5.32. The van der Waals surface area contributed by atoms with Gasteiger partial charge in [-0.05, 0) is 24.8 Å². The molecule has 98 valence electrons. The fraction of sp³-hybridized carbons (Fsp3) is 0.769. The van der Waals surface area contributed by atoms with Crippen molar-refractivity contribution < 1.29 is 4.84 Å². The van der Waals surface area contributed by atoms with Crippen LogP contribution in [0.4, 0.5) is 0 Å². The zero-order valence-corrected chi connectivity index (χ0v) is 11.4. The molecule has 0 aliphatic carbocycles. The van der Waals surface area contributed by atoms with Gasteiger partial charge in [0, 0.05) is 6.20 Å². The Balaban J connectivity index is 2.35. The van der Waals surface area contributed by atoms with E-state index < -0.39 is 0 Å². The highest BCUT2D eigenvalue weighted by molar-refractivity contribution is 4.98. The maximum Gasteiger partial charge on any atom is 0.0786 e. The minimum atomic E-state index is 0.514. The number of nitrogens with one attached hydrogen (secondary N) is 1. The van der Waals surface area contributed by atoms with Crippen molar-refractivity contribution in [2.24, 2.45) is 5.92 Å². The molecular weight excluding hydrogens is 214 g/mol. The third-order valence-corrected chi connectivity index (χ3v) is 2.75. The molecule has 0 spiro atoms. The summed E-state index contributed by atoms with van der Waals surface area (Å²) in [6.07, 6.45) is 4.29. The number of hydroxylamine groups is 1. The quantitative estimate of drug-likeness (QED) is 0.560. The van der Waals surface area contributed by atoms with Crippen LogP contribution in [0.5, 0.6) is 0 Å². The van der Waals surface area contributed by atoms with E-state index in [1.807, 2.05) is 6.07 Å². The Labute approximate surface area is 104 Å². The van der Waals surface area contributed by atoms with Crippen molar-refractivity contribution in [1.29, 1.82) is 0 Å². The first-order chi connectivity index (χ1) is 8.17.